The Kier molecular flexibility index (Phi) is 18.0. The number of cyclic esters (lactones) is 1. The average molecular weight is 849 g/mol. The van der Waals surface area contributed by atoms with Crippen molar-refractivity contribution in [3.05, 3.63) is 0 Å². The van der Waals surface area contributed by atoms with Crippen molar-refractivity contribution in [2.24, 2.45) is 23.6 Å². The van der Waals surface area contributed by atoms with E-state index in [0.717, 1.165) is 0 Å². The monoisotopic (exact) mass is 849 g/mol. The first kappa shape index (κ1) is 51.1. The van der Waals surface area contributed by atoms with Crippen molar-refractivity contribution in [3.8, 4) is 0 Å². The normalized spacial score (nSPS) is 44.8. The number of carbonyl (C=O) groups excluding carboxylic acids is 3. The zero-order valence-electron chi connectivity index (χ0n) is 38.0. The number of amides is 1. The van der Waals surface area contributed by atoms with Gasteiger partial charge in [-0.2, -0.15) is 0 Å². The van der Waals surface area contributed by atoms with Crippen molar-refractivity contribution in [2.75, 3.05) is 34.8 Å². The second-order valence-electron chi connectivity index (χ2n) is 18.3. The predicted molar refractivity (Wildman–Crippen MR) is 215 cm³/mol. The largest absolute Gasteiger partial charge is 0.459 e. The fourth-order valence-corrected chi connectivity index (χ4v) is 9.40. The van der Waals surface area contributed by atoms with Gasteiger partial charge in [0.2, 0.25) is 0 Å². The number of hydrogen-bond donors (Lipinski definition) is 5. The van der Waals surface area contributed by atoms with Crippen molar-refractivity contribution in [1.82, 2.24) is 15.2 Å². The van der Waals surface area contributed by atoms with Gasteiger partial charge in [-0.3, -0.25) is 15.0 Å². The van der Waals surface area contributed by atoms with Crippen LogP contribution in [0.1, 0.15) is 102 Å². The van der Waals surface area contributed by atoms with E-state index in [0.29, 0.717) is 13.0 Å². The van der Waals surface area contributed by atoms with Gasteiger partial charge in [-0.1, -0.05) is 20.8 Å². The highest BCUT2D eigenvalue weighted by atomic mass is 16.7. The van der Waals surface area contributed by atoms with E-state index in [9.17, 15) is 29.7 Å². The lowest BCUT2D eigenvalue weighted by Crippen LogP contribution is -2.61. The molecule has 3 saturated heterocycles. The highest BCUT2D eigenvalue weighted by Gasteiger charge is 2.54. The van der Waals surface area contributed by atoms with Crippen molar-refractivity contribution in [2.45, 2.75) is 192 Å². The second-order valence-corrected chi connectivity index (χ2v) is 18.3. The van der Waals surface area contributed by atoms with Crippen molar-refractivity contribution < 1.29 is 67.6 Å². The molecule has 0 saturated carbocycles. The van der Waals surface area contributed by atoms with Gasteiger partial charge in [-0.15, -0.1) is 0 Å². The van der Waals surface area contributed by atoms with E-state index in [2.05, 4.69) is 0 Å². The third-order valence-corrected chi connectivity index (χ3v) is 12.8. The van der Waals surface area contributed by atoms with E-state index in [1.54, 1.807) is 48.5 Å². The van der Waals surface area contributed by atoms with Gasteiger partial charge >= 0.3 is 18.0 Å². The molecule has 6 N–H and O–H groups in total. The number of hydrazine groups is 1. The van der Waals surface area contributed by atoms with Gasteiger partial charge in [0, 0.05) is 39.0 Å². The first-order valence-corrected chi connectivity index (χ1v) is 21.0. The van der Waals surface area contributed by atoms with Crippen LogP contribution >= 0.6 is 0 Å². The Bertz CT molecular complexity index is 1390. The standard InChI is InChI=1S/C41H76N4O14/c1-16-29-41(11,51)33(47)25(6)45(14)20-21(2)18-39(9,50)34(58-37-32(55-27(8)46)28(44(12)13)17-22(3)53-37)23(4)31(24(5)36(48)56-29)57-30-19-40(10,52-15)35(26(7)54-30)59-38(49)43-42/h21-26,28-35,37,47,50-51H,16-20,42H2,1-15H3,(H,43,49)/t21-,22-,23+,24-,25-,26+,28+,29-,30+,31+,32-,33-,34-,35+,37+,39-,40-,41-/m1/s1. The summed E-state index contributed by atoms with van der Waals surface area (Å²) in [7, 11) is 7.05. The highest BCUT2D eigenvalue weighted by molar-refractivity contribution is 5.73. The minimum atomic E-state index is -1.85. The lowest BCUT2D eigenvalue weighted by atomic mass is 9.77. The minimum absolute atomic E-state index is 0.0330. The van der Waals surface area contributed by atoms with E-state index in [1.807, 2.05) is 50.2 Å². The number of nitrogens with two attached hydrogens (primary N) is 1. The van der Waals surface area contributed by atoms with Crippen molar-refractivity contribution in [1.29, 1.82) is 0 Å². The second kappa shape index (κ2) is 20.8. The van der Waals surface area contributed by atoms with Crippen LogP contribution in [-0.4, -0.2) is 168 Å². The molecule has 0 spiro atoms. The topological polar surface area (TPSA) is 230 Å². The molecule has 3 aliphatic rings. The van der Waals surface area contributed by atoms with Gasteiger partial charge in [0.25, 0.3) is 0 Å². The first-order valence-electron chi connectivity index (χ1n) is 21.0. The summed E-state index contributed by atoms with van der Waals surface area (Å²) in [6, 6.07) is -0.876. The summed E-state index contributed by atoms with van der Waals surface area (Å²) in [5.41, 5.74) is -2.67. The quantitative estimate of drug-likeness (QED) is 0.0735. The Morgan fingerprint density at radius 1 is 0.983 bits per heavy atom. The molecule has 0 aliphatic carbocycles. The molecule has 0 bridgehead atoms. The van der Waals surface area contributed by atoms with Crippen molar-refractivity contribution >= 4 is 18.0 Å². The van der Waals surface area contributed by atoms with Crippen LogP contribution in [0.15, 0.2) is 0 Å². The van der Waals surface area contributed by atoms with Crippen molar-refractivity contribution in [3.63, 3.8) is 0 Å². The molecule has 0 unspecified atom stereocenters. The Morgan fingerprint density at radius 3 is 2.15 bits per heavy atom. The van der Waals surface area contributed by atoms with Crippen LogP contribution in [0.25, 0.3) is 0 Å². The Morgan fingerprint density at radius 2 is 1.61 bits per heavy atom. The molecule has 0 radical (unpaired) electrons. The fourth-order valence-electron chi connectivity index (χ4n) is 9.40. The van der Waals surface area contributed by atoms with Crippen LogP contribution in [0.5, 0.6) is 0 Å². The molecule has 3 heterocycles. The number of esters is 2. The number of carbonyl (C=O) groups is 3. The van der Waals surface area contributed by atoms with E-state index in [-0.39, 0.29) is 37.3 Å². The molecule has 1 amide bonds. The highest BCUT2D eigenvalue weighted by Crippen LogP contribution is 2.41. The average Bonchev–Trinajstić information content (AvgIpc) is 3.14. The Labute approximate surface area is 350 Å². The maximum absolute atomic E-state index is 14.4. The van der Waals surface area contributed by atoms with Gasteiger partial charge in [0.15, 0.2) is 24.8 Å². The zero-order chi connectivity index (χ0) is 44.9. The van der Waals surface area contributed by atoms with Gasteiger partial charge in [0.05, 0.1) is 42.0 Å². The molecule has 18 nitrogen and oxygen atoms in total. The number of likely N-dealkylation sites (N-methyl/N-ethyl adjacent to an activating group) is 2. The lowest BCUT2D eigenvalue weighted by Gasteiger charge is -2.49. The molecule has 0 aromatic carbocycles. The van der Waals surface area contributed by atoms with Gasteiger partial charge in [-0.25, -0.2) is 10.6 Å². The van der Waals surface area contributed by atoms with Crippen LogP contribution < -0.4 is 11.3 Å². The van der Waals surface area contributed by atoms with E-state index < -0.39 is 108 Å². The fraction of sp³-hybridized carbons (Fsp3) is 0.927. The summed E-state index contributed by atoms with van der Waals surface area (Å²) < 4.78 is 49.8. The molecule has 0 aromatic rings. The van der Waals surface area contributed by atoms with Crippen LogP contribution in [0.2, 0.25) is 0 Å². The maximum Gasteiger partial charge on any atom is 0.421 e. The summed E-state index contributed by atoms with van der Waals surface area (Å²) >= 11 is 0. The van der Waals surface area contributed by atoms with E-state index in [1.165, 1.54) is 21.0 Å². The lowest BCUT2D eigenvalue weighted by molar-refractivity contribution is -0.318. The molecule has 3 rings (SSSR count). The summed E-state index contributed by atoms with van der Waals surface area (Å²) in [4.78, 5) is 43.0. The summed E-state index contributed by atoms with van der Waals surface area (Å²) in [6.45, 7) is 19.1. The van der Waals surface area contributed by atoms with Gasteiger partial charge < -0.3 is 63.0 Å². The van der Waals surface area contributed by atoms with Crippen LogP contribution in [-0.2, 0) is 47.5 Å². The molecule has 18 heteroatoms. The predicted octanol–water partition coefficient (Wildman–Crippen LogP) is 2.08. The molecule has 59 heavy (non-hydrogen) atoms. The third-order valence-electron chi connectivity index (χ3n) is 12.8. The maximum atomic E-state index is 14.4. The van der Waals surface area contributed by atoms with Crippen LogP contribution in [0.4, 0.5) is 4.79 Å². The SMILES string of the molecule is CC[C@H]1OC(=O)[C@H](C)[C@@H](O[C@H]2C[C@@](C)(OC)[C@@H](OC(=O)NN)[C@H](C)O2)[C@H](C)[C@@H](O[C@@H]2O[C@H](C)C[C@H](N(C)C)[C@H]2OC(C)=O)[C@](C)(O)C[C@@H](C)CN(C)[C@H](C)[C@@H](O)[C@]1(C)O. The first-order chi connectivity index (χ1) is 27.2. The number of aliphatic hydroxyl groups excluding tert-OH is 1. The third kappa shape index (κ3) is 12.2. The number of methoxy groups -OCH3 is 1. The Balaban J connectivity index is 2.23. The number of aliphatic hydroxyl groups is 3. The number of nitrogens with zero attached hydrogens (tertiary/aromatic N) is 2. The zero-order valence-corrected chi connectivity index (χ0v) is 38.0. The van der Waals surface area contributed by atoms with Gasteiger partial charge in [0.1, 0.15) is 23.4 Å². The molecular formula is C41H76N4O14. The van der Waals surface area contributed by atoms with Gasteiger partial charge in [-0.05, 0) is 94.8 Å². The molecular weight excluding hydrogens is 772 g/mol. The molecule has 0 aromatic heterocycles. The molecule has 3 aliphatic heterocycles. The van der Waals surface area contributed by atoms with E-state index in [4.69, 9.17) is 43.7 Å². The number of rotatable bonds is 9. The summed E-state index contributed by atoms with van der Waals surface area (Å²) in [6.07, 6.45) is -9.72. The molecule has 3 fully saturated rings. The number of ether oxygens (including phenoxy) is 8. The number of hydrogen-bond acceptors (Lipinski definition) is 17. The van der Waals surface area contributed by atoms with E-state index >= 15 is 0 Å². The van der Waals surface area contributed by atoms with Crippen LogP contribution in [0.3, 0.4) is 0 Å². The van der Waals surface area contributed by atoms with Crippen LogP contribution in [0, 0.1) is 17.8 Å². The molecule has 344 valence electrons. The molecule has 18 atom stereocenters. The summed E-state index contributed by atoms with van der Waals surface area (Å²) in [5, 5.41) is 36.1. The Hall–Kier alpha value is -2.23. The minimum Gasteiger partial charge on any atom is -0.459 e. The smallest absolute Gasteiger partial charge is 0.421 e. The number of nitrogens with one attached hydrogen (secondary N) is 1. The summed E-state index contributed by atoms with van der Waals surface area (Å²) in [5.74, 6) is 1.91.